The van der Waals surface area contributed by atoms with Crippen molar-refractivity contribution in [3.63, 3.8) is 0 Å². The minimum atomic E-state index is -0.0675. The van der Waals surface area contributed by atoms with Crippen molar-refractivity contribution < 1.29 is 9.53 Å². The fourth-order valence-corrected chi connectivity index (χ4v) is 2.22. The second kappa shape index (κ2) is 6.89. The van der Waals surface area contributed by atoms with E-state index in [-0.39, 0.29) is 5.97 Å². The van der Waals surface area contributed by atoms with E-state index in [9.17, 15) is 4.79 Å². The van der Waals surface area contributed by atoms with Crippen molar-refractivity contribution in [2.24, 2.45) is 5.92 Å². The number of nitrogens with zero attached hydrogens (tertiary/aromatic N) is 1. The van der Waals surface area contributed by atoms with Crippen LogP contribution in [-0.4, -0.2) is 36.6 Å². The van der Waals surface area contributed by atoms with Gasteiger partial charge in [-0.2, -0.15) is 0 Å². The Bertz CT molecular complexity index is 214. The summed E-state index contributed by atoms with van der Waals surface area (Å²) in [5, 5.41) is 0. The smallest absolute Gasteiger partial charge is 0.307 e. The average molecular weight is 227 g/mol. The Morgan fingerprint density at radius 2 is 2.12 bits per heavy atom. The van der Waals surface area contributed by atoms with E-state index in [1.54, 1.807) is 0 Å². The van der Waals surface area contributed by atoms with E-state index in [0.717, 1.165) is 19.0 Å². The number of hydrogen-bond donors (Lipinski definition) is 0. The van der Waals surface area contributed by atoms with Gasteiger partial charge in [-0.3, -0.25) is 4.79 Å². The molecule has 1 fully saturated rings. The first kappa shape index (κ1) is 13.5. The average Bonchev–Trinajstić information content (AvgIpc) is 2.16. The monoisotopic (exact) mass is 227 g/mol. The number of esters is 1. The van der Waals surface area contributed by atoms with E-state index in [1.165, 1.54) is 19.3 Å². The maximum absolute atomic E-state index is 11.4. The van der Waals surface area contributed by atoms with Crippen LogP contribution in [-0.2, 0) is 9.53 Å². The van der Waals surface area contributed by atoms with Gasteiger partial charge >= 0.3 is 5.97 Å². The Hall–Kier alpha value is -0.570. The van der Waals surface area contributed by atoms with Crippen LogP contribution in [0.1, 0.15) is 46.5 Å². The molecule has 0 saturated heterocycles. The maximum Gasteiger partial charge on any atom is 0.307 e. The van der Waals surface area contributed by atoms with Gasteiger partial charge in [-0.1, -0.05) is 13.3 Å². The van der Waals surface area contributed by atoms with Crippen molar-refractivity contribution in [1.82, 2.24) is 4.90 Å². The lowest BCUT2D eigenvalue weighted by atomic mass is 9.85. The minimum Gasteiger partial charge on any atom is -0.466 e. The van der Waals surface area contributed by atoms with Crippen molar-refractivity contribution in [3.8, 4) is 0 Å². The number of carbonyl (C=O) groups is 1. The molecule has 3 heteroatoms. The summed E-state index contributed by atoms with van der Waals surface area (Å²) in [4.78, 5) is 13.8. The molecule has 0 amide bonds. The molecular formula is C13H25NO2. The Labute approximate surface area is 99.1 Å². The van der Waals surface area contributed by atoms with E-state index in [0.29, 0.717) is 19.1 Å². The molecule has 0 heterocycles. The van der Waals surface area contributed by atoms with Gasteiger partial charge in [0.2, 0.25) is 0 Å². The van der Waals surface area contributed by atoms with Crippen molar-refractivity contribution in [3.05, 3.63) is 0 Å². The van der Waals surface area contributed by atoms with Crippen molar-refractivity contribution in [2.75, 3.05) is 19.7 Å². The van der Waals surface area contributed by atoms with Crippen molar-refractivity contribution in [1.29, 1.82) is 0 Å². The predicted octanol–water partition coefficient (Wildman–Crippen LogP) is 2.45. The zero-order chi connectivity index (χ0) is 12.0. The topological polar surface area (TPSA) is 29.5 Å². The molecule has 0 aromatic heterocycles. The summed E-state index contributed by atoms with van der Waals surface area (Å²) in [5.41, 5.74) is 0. The summed E-state index contributed by atoms with van der Waals surface area (Å²) in [6.45, 7) is 8.81. The van der Waals surface area contributed by atoms with E-state index in [1.807, 2.05) is 6.92 Å². The molecule has 1 atom stereocenters. The van der Waals surface area contributed by atoms with Gasteiger partial charge in [-0.15, -0.1) is 0 Å². The number of carbonyl (C=O) groups excluding carboxylic acids is 1. The summed E-state index contributed by atoms with van der Waals surface area (Å²) in [7, 11) is 0. The molecule has 1 unspecified atom stereocenters. The van der Waals surface area contributed by atoms with Gasteiger partial charge < -0.3 is 9.64 Å². The van der Waals surface area contributed by atoms with Crippen LogP contribution in [0.2, 0.25) is 0 Å². The highest BCUT2D eigenvalue weighted by atomic mass is 16.5. The molecule has 0 spiro atoms. The molecule has 0 bridgehead atoms. The van der Waals surface area contributed by atoms with Gasteiger partial charge in [0.15, 0.2) is 0 Å². The van der Waals surface area contributed by atoms with Crippen LogP contribution in [0.5, 0.6) is 0 Å². The number of hydrogen-bond acceptors (Lipinski definition) is 3. The van der Waals surface area contributed by atoms with Gasteiger partial charge in [-0.05, 0) is 39.2 Å². The Kier molecular flexibility index (Phi) is 5.81. The zero-order valence-electron chi connectivity index (χ0n) is 10.9. The molecule has 0 radical (unpaired) electrons. The minimum absolute atomic E-state index is 0.0675. The van der Waals surface area contributed by atoms with Crippen molar-refractivity contribution >= 4 is 5.97 Å². The fourth-order valence-electron chi connectivity index (χ4n) is 2.22. The summed E-state index contributed by atoms with van der Waals surface area (Å²) < 4.78 is 4.99. The lowest BCUT2D eigenvalue weighted by Crippen LogP contribution is -2.40. The van der Waals surface area contributed by atoms with Crippen molar-refractivity contribution in [2.45, 2.75) is 52.5 Å². The van der Waals surface area contributed by atoms with Crippen LogP contribution < -0.4 is 0 Å². The summed E-state index contributed by atoms with van der Waals surface area (Å²) >= 11 is 0. The molecule has 16 heavy (non-hydrogen) atoms. The van der Waals surface area contributed by atoms with Gasteiger partial charge in [0, 0.05) is 12.6 Å². The van der Waals surface area contributed by atoms with Crippen LogP contribution in [0, 0.1) is 5.92 Å². The third kappa shape index (κ3) is 4.12. The molecule has 0 N–H and O–H groups in total. The van der Waals surface area contributed by atoms with Crippen LogP contribution in [0.4, 0.5) is 0 Å². The predicted molar refractivity (Wildman–Crippen MR) is 65.3 cm³/mol. The molecule has 0 aliphatic heterocycles. The summed E-state index contributed by atoms with van der Waals surface area (Å²) in [5.74, 6) is 0.798. The van der Waals surface area contributed by atoms with Gasteiger partial charge in [0.25, 0.3) is 0 Å². The molecule has 3 nitrogen and oxygen atoms in total. The first-order valence-electron chi connectivity index (χ1n) is 6.57. The molecule has 1 aliphatic carbocycles. The SMILES string of the molecule is CCOC(=O)CC(C)N(CC)CC1CCC1. The van der Waals surface area contributed by atoms with Crippen LogP contribution >= 0.6 is 0 Å². The van der Waals surface area contributed by atoms with Gasteiger partial charge in [0.1, 0.15) is 0 Å². The van der Waals surface area contributed by atoms with Gasteiger partial charge in [0.05, 0.1) is 13.0 Å². The summed E-state index contributed by atoms with van der Waals surface area (Å²) in [6.07, 6.45) is 4.63. The Balaban J connectivity index is 2.29. The Morgan fingerprint density at radius 3 is 2.56 bits per heavy atom. The standard InChI is InChI=1S/C13H25NO2/c1-4-14(10-12-7-6-8-12)11(3)9-13(15)16-5-2/h11-12H,4-10H2,1-3H3. The lowest BCUT2D eigenvalue weighted by Gasteiger charge is -2.35. The second-order valence-electron chi connectivity index (χ2n) is 4.74. The zero-order valence-corrected chi connectivity index (χ0v) is 10.9. The highest BCUT2D eigenvalue weighted by molar-refractivity contribution is 5.70. The second-order valence-corrected chi connectivity index (χ2v) is 4.74. The van der Waals surface area contributed by atoms with Crippen LogP contribution in [0.15, 0.2) is 0 Å². The van der Waals surface area contributed by atoms with E-state index in [2.05, 4.69) is 18.7 Å². The van der Waals surface area contributed by atoms with Gasteiger partial charge in [-0.25, -0.2) is 0 Å². The fraction of sp³-hybridized carbons (Fsp3) is 0.923. The lowest BCUT2D eigenvalue weighted by molar-refractivity contribution is -0.144. The molecule has 0 aromatic rings. The molecule has 1 saturated carbocycles. The third-order valence-electron chi connectivity index (χ3n) is 3.51. The van der Waals surface area contributed by atoms with E-state index < -0.39 is 0 Å². The third-order valence-corrected chi connectivity index (χ3v) is 3.51. The maximum atomic E-state index is 11.4. The van der Waals surface area contributed by atoms with Crippen LogP contribution in [0.3, 0.4) is 0 Å². The first-order valence-corrected chi connectivity index (χ1v) is 6.57. The molecule has 94 valence electrons. The number of ether oxygens (including phenoxy) is 1. The quantitative estimate of drug-likeness (QED) is 0.626. The molecule has 1 rings (SSSR count). The molecule has 1 aliphatic rings. The highest BCUT2D eigenvalue weighted by Gasteiger charge is 2.23. The normalized spacial score (nSPS) is 18.2. The summed E-state index contributed by atoms with van der Waals surface area (Å²) in [6, 6.07) is 0.310. The molecule has 0 aromatic carbocycles. The highest BCUT2D eigenvalue weighted by Crippen LogP contribution is 2.27. The number of rotatable bonds is 7. The Morgan fingerprint density at radius 1 is 1.44 bits per heavy atom. The first-order chi connectivity index (χ1) is 7.67. The molecular weight excluding hydrogens is 202 g/mol. The van der Waals surface area contributed by atoms with E-state index >= 15 is 0 Å². The largest absolute Gasteiger partial charge is 0.466 e. The van der Waals surface area contributed by atoms with Crippen LogP contribution in [0.25, 0.3) is 0 Å². The van der Waals surface area contributed by atoms with E-state index in [4.69, 9.17) is 4.74 Å².